The van der Waals surface area contributed by atoms with Gasteiger partial charge in [0.05, 0.1) is 11.1 Å². The molecule has 0 spiro atoms. The van der Waals surface area contributed by atoms with E-state index in [4.69, 9.17) is 0 Å². The van der Waals surface area contributed by atoms with Crippen molar-refractivity contribution in [3.8, 4) is 0 Å². The monoisotopic (exact) mass is 393 g/mol. The molecule has 0 aliphatic carbocycles. The molecule has 0 N–H and O–H groups in total. The van der Waals surface area contributed by atoms with Crippen molar-refractivity contribution in [1.29, 1.82) is 0 Å². The molecule has 0 saturated carbocycles. The lowest BCUT2D eigenvalue weighted by atomic mass is 9.95. The van der Waals surface area contributed by atoms with E-state index in [1.54, 1.807) is 0 Å². The number of aromatic nitrogens is 2. The van der Waals surface area contributed by atoms with Gasteiger partial charge in [-0.15, -0.1) is 10.2 Å². The van der Waals surface area contributed by atoms with Crippen molar-refractivity contribution in [3.63, 3.8) is 0 Å². The number of halogens is 6. The number of likely N-dealkylation sites (tertiary alicyclic amines) is 1. The van der Waals surface area contributed by atoms with Gasteiger partial charge in [-0.1, -0.05) is 12.1 Å². The second-order valence-electron chi connectivity index (χ2n) is 6.05. The molecular weight excluding hydrogens is 380 g/mol. The number of hydrogen-bond acceptors (Lipinski definition) is 4. The normalized spacial score (nSPS) is 16.6. The number of benzene rings is 1. The Hall–Kier alpha value is -2.59. The lowest BCUT2D eigenvalue weighted by molar-refractivity contribution is -0.157. The molecule has 1 saturated heterocycles. The van der Waals surface area contributed by atoms with Crippen LogP contribution >= 0.6 is 0 Å². The first-order valence-electron chi connectivity index (χ1n) is 7.93. The first-order chi connectivity index (χ1) is 12.6. The van der Waals surface area contributed by atoms with Crippen LogP contribution in [0.25, 0.3) is 0 Å². The van der Waals surface area contributed by atoms with Crippen molar-refractivity contribution in [2.45, 2.75) is 31.1 Å². The first-order valence-corrected chi connectivity index (χ1v) is 7.93. The summed E-state index contributed by atoms with van der Waals surface area (Å²) >= 11 is 0. The average Bonchev–Trinajstić information content (AvgIpc) is 3.11. The number of carbonyl (C=O) groups excluding carboxylic acids is 1. The average molecular weight is 393 g/mol. The van der Waals surface area contributed by atoms with Crippen LogP contribution in [-0.2, 0) is 12.4 Å². The molecule has 27 heavy (non-hydrogen) atoms. The quantitative estimate of drug-likeness (QED) is 0.720. The third-order valence-electron chi connectivity index (χ3n) is 4.28. The van der Waals surface area contributed by atoms with Crippen LogP contribution in [0.4, 0.5) is 26.3 Å². The first kappa shape index (κ1) is 19.2. The van der Waals surface area contributed by atoms with Crippen LogP contribution in [0.3, 0.4) is 0 Å². The molecule has 2 heterocycles. The molecule has 146 valence electrons. The highest BCUT2D eigenvalue weighted by Crippen LogP contribution is 2.35. The number of alkyl halides is 6. The topological polar surface area (TPSA) is 59.2 Å². The SMILES string of the molecule is O=C(c1ccccc1C(F)(F)F)N1CCC(c2nnc(C(F)(F)F)o2)CC1. The molecule has 1 aliphatic heterocycles. The Morgan fingerprint density at radius 2 is 1.63 bits per heavy atom. The Morgan fingerprint density at radius 1 is 1.00 bits per heavy atom. The number of rotatable bonds is 2. The second kappa shape index (κ2) is 6.86. The molecule has 0 unspecified atom stereocenters. The number of piperidine rings is 1. The second-order valence-corrected chi connectivity index (χ2v) is 6.05. The summed E-state index contributed by atoms with van der Waals surface area (Å²) in [5.74, 6) is -2.90. The largest absolute Gasteiger partial charge is 0.470 e. The summed E-state index contributed by atoms with van der Waals surface area (Å²) in [7, 11) is 0. The minimum atomic E-state index is -4.75. The van der Waals surface area contributed by atoms with Crippen LogP contribution in [0.1, 0.15) is 46.5 Å². The molecule has 1 aromatic heterocycles. The zero-order valence-corrected chi connectivity index (χ0v) is 13.6. The molecule has 1 aromatic carbocycles. The Bertz CT molecular complexity index is 822. The summed E-state index contributed by atoms with van der Waals surface area (Å²) < 4.78 is 81.4. The molecule has 1 aliphatic rings. The fourth-order valence-corrected chi connectivity index (χ4v) is 2.93. The van der Waals surface area contributed by atoms with Gasteiger partial charge >= 0.3 is 18.2 Å². The van der Waals surface area contributed by atoms with Crippen LogP contribution in [0.15, 0.2) is 28.7 Å². The highest BCUT2D eigenvalue weighted by molar-refractivity contribution is 5.96. The van der Waals surface area contributed by atoms with E-state index in [0.717, 1.165) is 12.1 Å². The highest BCUT2D eigenvalue weighted by Gasteiger charge is 2.40. The van der Waals surface area contributed by atoms with Gasteiger partial charge in [-0.25, -0.2) is 0 Å². The van der Waals surface area contributed by atoms with E-state index >= 15 is 0 Å². The highest BCUT2D eigenvalue weighted by atomic mass is 19.4. The van der Waals surface area contributed by atoms with Gasteiger partial charge in [0.2, 0.25) is 5.89 Å². The fraction of sp³-hybridized carbons (Fsp3) is 0.438. The van der Waals surface area contributed by atoms with Crippen LogP contribution in [0, 0.1) is 0 Å². The Balaban J connectivity index is 1.70. The Kier molecular flexibility index (Phi) is 4.87. The zero-order chi connectivity index (χ0) is 19.8. The minimum Gasteiger partial charge on any atom is -0.417 e. The molecule has 0 bridgehead atoms. The van der Waals surface area contributed by atoms with Crippen LogP contribution in [0.2, 0.25) is 0 Å². The van der Waals surface area contributed by atoms with Gasteiger partial charge in [0, 0.05) is 19.0 Å². The van der Waals surface area contributed by atoms with Crippen LogP contribution in [0.5, 0.6) is 0 Å². The summed E-state index contributed by atoms with van der Waals surface area (Å²) in [5, 5.41) is 6.35. The van der Waals surface area contributed by atoms with Gasteiger partial charge in [0.25, 0.3) is 5.91 Å². The van der Waals surface area contributed by atoms with E-state index in [2.05, 4.69) is 14.6 Å². The summed E-state index contributed by atoms with van der Waals surface area (Å²) in [5.41, 5.74) is -1.48. The zero-order valence-electron chi connectivity index (χ0n) is 13.6. The predicted molar refractivity (Wildman–Crippen MR) is 78.6 cm³/mol. The van der Waals surface area contributed by atoms with E-state index < -0.39 is 41.2 Å². The maximum atomic E-state index is 13.1. The van der Waals surface area contributed by atoms with E-state index in [1.807, 2.05) is 0 Å². The van der Waals surface area contributed by atoms with Crippen molar-refractivity contribution in [3.05, 3.63) is 47.2 Å². The van der Waals surface area contributed by atoms with E-state index in [1.165, 1.54) is 17.0 Å². The van der Waals surface area contributed by atoms with Crippen molar-refractivity contribution >= 4 is 5.91 Å². The van der Waals surface area contributed by atoms with Crippen molar-refractivity contribution < 1.29 is 35.6 Å². The number of hydrogen-bond donors (Lipinski definition) is 0. The van der Waals surface area contributed by atoms with Gasteiger partial charge in [0.1, 0.15) is 0 Å². The standard InChI is InChI=1S/C16H13F6N3O2/c17-15(18,19)11-4-2-1-3-10(11)13(26)25-7-5-9(6-8-25)12-23-24-14(27-12)16(20,21)22/h1-4,9H,5-8H2. The third-order valence-corrected chi connectivity index (χ3v) is 4.28. The van der Waals surface area contributed by atoms with E-state index in [0.29, 0.717) is 0 Å². The molecule has 1 amide bonds. The summed E-state index contributed by atoms with van der Waals surface area (Å²) in [6.45, 7) is 0.138. The van der Waals surface area contributed by atoms with Gasteiger partial charge < -0.3 is 9.32 Å². The molecule has 0 radical (unpaired) electrons. The maximum Gasteiger partial charge on any atom is 0.470 e. The van der Waals surface area contributed by atoms with Gasteiger partial charge in [-0.3, -0.25) is 4.79 Å². The molecule has 2 aromatic rings. The molecular formula is C16H13F6N3O2. The number of carbonyl (C=O) groups is 1. The minimum absolute atomic E-state index is 0.0689. The predicted octanol–water partition coefficient (Wildman–Crippen LogP) is 4.13. The lowest BCUT2D eigenvalue weighted by Crippen LogP contribution is -2.38. The maximum absolute atomic E-state index is 13.1. The fourth-order valence-electron chi connectivity index (χ4n) is 2.93. The van der Waals surface area contributed by atoms with Crippen LogP contribution in [-0.4, -0.2) is 34.1 Å². The number of nitrogens with zero attached hydrogens (tertiary/aromatic N) is 3. The van der Waals surface area contributed by atoms with Crippen molar-refractivity contribution in [1.82, 2.24) is 15.1 Å². The summed E-state index contributed by atoms with van der Waals surface area (Å²) in [4.78, 5) is 13.7. The molecule has 0 atom stereocenters. The van der Waals surface area contributed by atoms with Gasteiger partial charge in [-0.05, 0) is 25.0 Å². The van der Waals surface area contributed by atoms with Gasteiger partial charge in [0.15, 0.2) is 0 Å². The third kappa shape index (κ3) is 4.06. The molecule has 5 nitrogen and oxygen atoms in total. The van der Waals surface area contributed by atoms with Crippen molar-refractivity contribution in [2.24, 2.45) is 0 Å². The Morgan fingerprint density at radius 3 is 2.19 bits per heavy atom. The van der Waals surface area contributed by atoms with E-state index in [-0.39, 0.29) is 31.8 Å². The summed E-state index contributed by atoms with van der Waals surface area (Å²) in [6.07, 6.45) is -9.00. The van der Waals surface area contributed by atoms with E-state index in [9.17, 15) is 31.1 Å². The lowest BCUT2D eigenvalue weighted by Gasteiger charge is -2.31. The molecule has 3 rings (SSSR count). The molecule has 1 fully saturated rings. The molecule has 11 heteroatoms. The van der Waals surface area contributed by atoms with Gasteiger partial charge in [-0.2, -0.15) is 26.3 Å². The number of amides is 1. The Labute approximate surface area is 149 Å². The van der Waals surface area contributed by atoms with Crippen molar-refractivity contribution in [2.75, 3.05) is 13.1 Å². The van der Waals surface area contributed by atoms with Crippen LogP contribution < -0.4 is 0 Å². The summed E-state index contributed by atoms with van der Waals surface area (Å²) in [6, 6.07) is 4.47. The smallest absolute Gasteiger partial charge is 0.417 e.